The van der Waals surface area contributed by atoms with Gasteiger partial charge < -0.3 is 14.8 Å². The van der Waals surface area contributed by atoms with E-state index in [-0.39, 0.29) is 6.61 Å². The fourth-order valence-electron chi connectivity index (χ4n) is 2.75. The second-order valence-corrected chi connectivity index (χ2v) is 8.43. The molecule has 0 aromatic heterocycles. The fourth-order valence-corrected chi connectivity index (χ4v) is 3.97. The first kappa shape index (κ1) is 23.2. The minimum absolute atomic E-state index is 0.230. The molecule has 0 radical (unpaired) electrons. The van der Waals surface area contributed by atoms with Gasteiger partial charge in [0.2, 0.25) is 0 Å². The van der Waals surface area contributed by atoms with Crippen LogP contribution in [0.2, 0.25) is 25.1 Å². The molecule has 0 fully saturated rings. The van der Waals surface area contributed by atoms with E-state index < -0.39 is 0 Å². The standard InChI is InChI=1S/C22H18Cl5NO2/c1-2-29-21-8-13(11-28-20-6-5-16(24)10-18(20)26)7-19(27)22(21)30-12-14-3-4-15(23)9-17(14)25/h3-10,28H,2,11-12H2,1H3. The summed E-state index contributed by atoms with van der Waals surface area (Å²) in [7, 11) is 0. The molecule has 0 amide bonds. The van der Waals surface area contributed by atoms with Gasteiger partial charge in [-0.15, -0.1) is 0 Å². The van der Waals surface area contributed by atoms with E-state index in [0.717, 1.165) is 16.8 Å². The molecule has 0 bridgehead atoms. The number of nitrogens with one attached hydrogen (secondary N) is 1. The van der Waals surface area contributed by atoms with Crippen LogP contribution in [0.5, 0.6) is 11.5 Å². The molecule has 0 aliphatic heterocycles. The molecule has 0 saturated carbocycles. The van der Waals surface area contributed by atoms with Crippen LogP contribution in [0.15, 0.2) is 48.5 Å². The second kappa shape index (κ2) is 10.7. The van der Waals surface area contributed by atoms with Crippen molar-refractivity contribution in [1.82, 2.24) is 0 Å². The van der Waals surface area contributed by atoms with E-state index in [2.05, 4.69) is 5.32 Å². The molecule has 3 rings (SSSR count). The maximum absolute atomic E-state index is 6.50. The molecule has 0 atom stereocenters. The van der Waals surface area contributed by atoms with Crippen molar-refractivity contribution in [1.29, 1.82) is 0 Å². The van der Waals surface area contributed by atoms with Crippen molar-refractivity contribution in [2.75, 3.05) is 11.9 Å². The number of hydrogen-bond donors (Lipinski definition) is 1. The lowest BCUT2D eigenvalue weighted by molar-refractivity contribution is 0.269. The summed E-state index contributed by atoms with van der Waals surface area (Å²) in [6.07, 6.45) is 0. The maximum Gasteiger partial charge on any atom is 0.180 e. The third kappa shape index (κ3) is 6.03. The molecule has 158 valence electrons. The van der Waals surface area contributed by atoms with Gasteiger partial charge in [0, 0.05) is 27.2 Å². The van der Waals surface area contributed by atoms with E-state index in [4.69, 9.17) is 67.5 Å². The van der Waals surface area contributed by atoms with Crippen molar-refractivity contribution >= 4 is 63.7 Å². The van der Waals surface area contributed by atoms with Crippen molar-refractivity contribution < 1.29 is 9.47 Å². The summed E-state index contributed by atoms with van der Waals surface area (Å²) in [5, 5.41) is 5.91. The monoisotopic (exact) mass is 503 g/mol. The summed E-state index contributed by atoms with van der Waals surface area (Å²) in [4.78, 5) is 0. The molecule has 30 heavy (non-hydrogen) atoms. The van der Waals surface area contributed by atoms with Crippen LogP contribution in [0, 0.1) is 0 Å². The number of benzene rings is 3. The Morgan fingerprint density at radius 2 is 1.47 bits per heavy atom. The molecule has 0 aliphatic carbocycles. The molecule has 8 heteroatoms. The Bertz CT molecular complexity index is 1040. The smallest absolute Gasteiger partial charge is 0.180 e. The molecule has 0 spiro atoms. The molecule has 3 nitrogen and oxygen atoms in total. The largest absolute Gasteiger partial charge is 0.490 e. The van der Waals surface area contributed by atoms with E-state index in [1.54, 1.807) is 24.3 Å². The number of ether oxygens (including phenoxy) is 2. The topological polar surface area (TPSA) is 30.5 Å². The van der Waals surface area contributed by atoms with Crippen LogP contribution in [-0.4, -0.2) is 6.61 Å². The predicted molar refractivity (Wildman–Crippen MR) is 127 cm³/mol. The Hall–Kier alpha value is -1.49. The quantitative estimate of drug-likeness (QED) is 0.333. The Labute approximate surface area is 200 Å². The first-order valence-corrected chi connectivity index (χ1v) is 11.0. The summed E-state index contributed by atoms with van der Waals surface area (Å²) < 4.78 is 11.7. The van der Waals surface area contributed by atoms with E-state index in [1.807, 2.05) is 31.2 Å². The number of anilines is 1. The molecular weight excluding hydrogens is 488 g/mol. The fraction of sp³-hybridized carbons (Fsp3) is 0.182. The zero-order valence-corrected chi connectivity index (χ0v) is 19.7. The van der Waals surface area contributed by atoms with Crippen molar-refractivity contribution in [2.45, 2.75) is 20.1 Å². The number of rotatable bonds is 8. The zero-order chi connectivity index (χ0) is 21.7. The average molecular weight is 506 g/mol. The summed E-state index contributed by atoms with van der Waals surface area (Å²) >= 11 is 30.8. The van der Waals surface area contributed by atoms with Gasteiger partial charge >= 0.3 is 0 Å². The maximum atomic E-state index is 6.50. The van der Waals surface area contributed by atoms with E-state index in [0.29, 0.717) is 49.8 Å². The van der Waals surface area contributed by atoms with Crippen molar-refractivity contribution in [2.24, 2.45) is 0 Å². The highest BCUT2D eigenvalue weighted by Crippen LogP contribution is 2.38. The van der Waals surface area contributed by atoms with E-state index in [9.17, 15) is 0 Å². The molecule has 0 aliphatic rings. The predicted octanol–water partition coefficient (Wildman–Crippen LogP) is 8.54. The minimum atomic E-state index is 0.230. The van der Waals surface area contributed by atoms with Crippen LogP contribution in [0.3, 0.4) is 0 Å². The lowest BCUT2D eigenvalue weighted by atomic mass is 10.2. The lowest BCUT2D eigenvalue weighted by Gasteiger charge is -2.16. The zero-order valence-electron chi connectivity index (χ0n) is 15.9. The first-order chi connectivity index (χ1) is 14.4. The highest BCUT2D eigenvalue weighted by Gasteiger charge is 2.14. The van der Waals surface area contributed by atoms with Crippen molar-refractivity contribution in [3.05, 3.63) is 84.8 Å². The minimum Gasteiger partial charge on any atom is -0.490 e. The third-order valence-electron chi connectivity index (χ3n) is 4.17. The van der Waals surface area contributed by atoms with E-state index >= 15 is 0 Å². The van der Waals surface area contributed by atoms with Gasteiger partial charge in [-0.1, -0.05) is 64.1 Å². The van der Waals surface area contributed by atoms with Crippen LogP contribution in [0.1, 0.15) is 18.1 Å². The van der Waals surface area contributed by atoms with Crippen molar-refractivity contribution in [3.63, 3.8) is 0 Å². The van der Waals surface area contributed by atoms with Gasteiger partial charge in [-0.25, -0.2) is 0 Å². The molecule has 1 N–H and O–H groups in total. The average Bonchev–Trinajstić information content (AvgIpc) is 2.68. The van der Waals surface area contributed by atoms with E-state index in [1.165, 1.54) is 0 Å². The Morgan fingerprint density at radius 1 is 0.767 bits per heavy atom. The molecule has 0 saturated heterocycles. The van der Waals surface area contributed by atoms with Gasteiger partial charge in [-0.3, -0.25) is 0 Å². The summed E-state index contributed by atoms with van der Waals surface area (Å²) in [5.41, 5.74) is 2.47. The second-order valence-electron chi connectivity index (χ2n) is 6.34. The number of hydrogen-bond acceptors (Lipinski definition) is 3. The Kier molecular flexibility index (Phi) is 8.27. The van der Waals surface area contributed by atoms with Crippen molar-refractivity contribution in [3.8, 4) is 11.5 Å². The normalized spacial score (nSPS) is 10.7. The van der Waals surface area contributed by atoms with Gasteiger partial charge in [0.1, 0.15) is 6.61 Å². The highest BCUT2D eigenvalue weighted by atomic mass is 35.5. The summed E-state index contributed by atoms with van der Waals surface area (Å²) in [5.74, 6) is 1.01. The third-order valence-corrected chi connectivity index (χ3v) is 5.59. The van der Waals surface area contributed by atoms with Gasteiger partial charge in [-0.05, 0) is 55.0 Å². The SMILES string of the molecule is CCOc1cc(CNc2ccc(Cl)cc2Cl)cc(Cl)c1OCc1ccc(Cl)cc1Cl. The van der Waals surface area contributed by atoms with Crippen LogP contribution in [0.4, 0.5) is 5.69 Å². The van der Waals surface area contributed by atoms with Gasteiger partial charge in [0.15, 0.2) is 11.5 Å². The first-order valence-electron chi connectivity index (χ1n) is 9.08. The molecular formula is C22H18Cl5NO2. The Morgan fingerprint density at radius 3 is 2.13 bits per heavy atom. The summed E-state index contributed by atoms with van der Waals surface area (Å²) in [6.45, 7) is 3.08. The van der Waals surface area contributed by atoms with Crippen LogP contribution >= 0.6 is 58.0 Å². The summed E-state index contributed by atoms with van der Waals surface area (Å²) in [6, 6.07) is 14.2. The molecule has 3 aromatic carbocycles. The van der Waals surface area contributed by atoms with Crippen LogP contribution < -0.4 is 14.8 Å². The molecule has 0 unspecified atom stereocenters. The highest BCUT2D eigenvalue weighted by molar-refractivity contribution is 6.36. The molecule has 0 heterocycles. The Balaban J connectivity index is 1.77. The molecule has 3 aromatic rings. The van der Waals surface area contributed by atoms with Crippen LogP contribution in [-0.2, 0) is 13.2 Å². The number of halogens is 5. The van der Waals surface area contributed by atoms with Gasteiger partial charge in [0.25, 0.3) is 0 Å². The van der Waals surface area contributed by atoms with Gasteiger partial charge in [-0.2, -0.15) is 0 Å². The van der Waals surface area contributed by atoms with Gasteiger partial charge in [0.05, 0.1) is 22.3 Å². The van der Waals surface area contributed by atoms with Crippen LogP contribution in [0.25, 0.3) is 0 Å². The lowest BCUT2D eigenvalue weighted by Crippen LogP contribution is -2.04.